The number of aromatic nitrogens is 1. The lowest BCUT2D eigenvalue weighted by molar-refractivity contribution is -0.117. The van der Waals surface area contributed by atoms with Crippen LogP contribution >= 0.6 is 0 Å². The summed E-state index contributed by atoms with van der Waals surface area (Å²) in [5, 5.41) is 2.85. The van der Waals surface area contributed by atoms with Gasteiger partial charge in [-0.05, 0) is 42.8 Å². The molecular weight excluding hydrogens is 382 g/mol. The summed E-state index contributed by atoms with van der Waals surface area (Å²) in [6, 6.07) is 17.7. The molecule has 1 N–H and O–H groups in total. The number of para-hydroxylation sites is 1. The number of benzene rings is 2. The van der Waals surface area contributed by atoms with Crippen LogP contribution in [0.25, 0.3) is 0 Å². The molecule has 2 amide bonds. The highest BCUT2D eigenvalue weighted by Gasteiger charge is 2.25. The van der Waals surface area contributed by atoms with Crippen molar-refractivity contribution < 1.29 is 19.1 Å². The molecule has 0 saturated carbocycles. The molecule has 0 unspecified atom stereocenters. The Bertz CT molecular complexity index is 1070. The molecule has 4 rings (SSSR count). The van der Waals surface area contributed by atoms with Crippen LogP contribution in [-0.2, 0) is 4.79 Å². The molecule has 30 heavy (non-hydrogen) atoms. The van der Waals surface area contributed by atoms with Gasteiger partial charge in [-0.3, -0.25) is 9.59 Å². The molecular formula is C23H21N3O4. The predicted molar refractivity (Wildman–Crippen MR) is 113 cm³/mol. The van der Waals surface area contributed by atoms with E-state index in [0.717, 1.165) is 6.42 Å². The first-order valence-electron chi connectivity index (χ1n) is 9.63. The number of amides is 2. The predicted octanol–water partition coefficient (Wildman–Crippen LogP) is 4.26. The third-order valence-electron chi connectivity index (χ3n) is 4.78. The molecule has 1 aromatic heterocycles. The molecule has 7 heteroatoms. The Hall–Kier alpha value is -3.87. The number of rotatable bonds is 6. The summed E-state index contributed by atoms with van der Waals surface area (Å²) in [6.45, 7) is 0.663. The third kappa shape index (κ3) is 4.10. The van der Waals surface area contributed by atoms with E-state index in [-0.39, 0.29) is 17.7 Å². The summed E-state index contributed by atoms with van der Waals surface area (Å²) < 4.78 is 11.2. The van der Waals surface area contributed by atoms with Gasteiger partial charge in [-0.25, -0.2) is 4.98 Å². The zero-order valence-corrected chi connectivity index (χ0v) is 16.5. The Morgan fingerprint density at radius 2 is 1.93 bits per heavy atom. The number of carbonyl (C=O) groups excluding carboxylic acids is 2. The fourth-order valence-corrected chi connectivity index (χ4v) is 3.32. The van der Waals surface area contributed by atoms with E-state index < -0.39 is 0 Å². The first kappa shape index (κ1) is 19.4. The van der Waals surface area contributed by atoms with E-state index in [1.807, 2.05) is 18.2 Å². The van der Waals surface area contributed by atoms with Crippen LogP contribution < -0.4 is 19.7 Å². The number of pyridine rings is 1. The standard InChI is InChI=1S/C23H21N3O4/c1-29-20-15-16(11-12-19(20)26-14-6-10-21(26)27)25-22(28)18-9-5-13-24-23(18)30-17-7-3-2-4-8-17/h2-5,7-9,11-13,15H,6,10,14H2,1H3,(H,25,28). The second-order valence-corrected chi connectivity index (χ2v) is 6.76. The topological polar surface area (TPSA) is 80.8 Å². The van der Waals surface area contributed by atoms with Crippen molar-refractivity contribution in [3.63, 3.8) is 0 Å². The lowest BCUT2D eigenvalue weighted by Crippen LogP contribution is -2.24. The number of carbonyl (C=O) groups is 2. The summed E-state index contributed by atoms with van der Waals surface area (Å²) in [5.41, 5.74) is 1.55. The van der Waals surface area contributed by atoms with Gasteiger partial charge in [0.2, 0.25) is 11.8 Å². The molecule has 1 saturated heterocycles. The van der Waals surface area contributed by atoms with E-state index in [1.165, 1.54) is 7.11 Å². The van der Waals surface area contributed by atoms with Gasteiger partial charge < -0.3 is 19.7 Å². The number of nitrogens with zero attached hydrogens (tertiary/aromatic N) is 2. The molecule has 0 radical (unpaired) electrons. The average Bonchev–Trinajstić information content (AvgIpc) is 3.20. The van der Waals surface area contributed by atoms with E-state index in [2.05, 4.69) is 10.3 Å². The maximum atomic E-state index is 12.9. The molecule has 1 aliphatic rings. The van der Waals surface area contributed by atoms with Crippen molar-refractivity contribution in [3.8, 4) is 17.4 Å². The average molecular weight is 403 g/mol. The van der Waals surface area contributed by atoms with Crippen molar-refractivity contribution in [2.24, 2.45) is 0 Å². The van der Waals surface area contributed by atoms with Gasteiger partial charge >= 0.3 is 0 Å². The number of hydrogen-bond acceptors (Lipinski definition) is 5. The molecule has 1 aliphatic heterocycles. The highest BCUT2D eigenvalue weighted by molar-refractivity contribution is 6.06. The molecule has 152 valence electrons. The summed E-state index contributed by atoms with van der Waals surface area (Å²) in [4.78, 5) is 30.8. The number of nitrogens with one attached hydrogen (secondary N) is 1. The first-order valence-corrected chi connectivity index (χ1v) is 9.63. The summed E-state index contributed by atoms with van der Waals surface area (Å²) in [7, 11) is 1.54. The van der Waals surface area contributed by atoms with E-state index in [4.69, 9.17) is 9.47 Å². The number of methoxy groups -OCH3 is 1. The zero-order chi connectivity index (χ0) is 20.9. The van der Waals surface area contributed by atoms with Crippen LogP contribution in [0.3, 0.4) is 0 Å². The Labute approximate surface area is 174 Å². The van der Waals surface area contributed by atoms with Crippen molar-refractivity contribution in [1.29, 1.82) is 0 Å². The summed E-state index contributed by atoms with van der Waals surface area (Å²) in [5.74, 6) is 1.04. The summed E-state index contributed by atoms with van der Waals surface area (Å²) in [6.07, 6.45) is 2.93. The fourth-order valence-electron chi connectivity index (χ4n) is 3.32. The number of anilines is 2. The van der Waals surface area contributed by atoms with Crippen LogP contribution in [0.5, 0.6) is 17.4 Å². The lowest BCUT2D eigenvalue weighted by atomic mass is 10.2. The van der Waals surface area contributed by atoms with Gasteiger partial charge in [0.1, 0.15) is 17.1 Å². The first-order chi connectivity index (χ1) is 14.7. The molecule has 2 heterocycles. The Morgan fingerprint density at radius 1 is 1.10 bits per heavy atom. The van der Waals surface area contributed by atoms with Crippen LogP contribution in [0.2, 0.25) is 0 Å². The zero-order valence-electron chi connectivity index (χ0n) is 16.5. The van der Waals surface area contributed by atoms with E-state index in [9.17, 15) is 9.59 Å². The van der Waals surface area contributed by atoms with Crippen LogP contribution in [0.1, 0.15) is 23.2 Å². The van der Waals surface area contributed by atoms with Crippen molar-refractivity contribution in [2.75, 3.05) is 23.9 Å². The van der Waals surface area contributed by atoms with Crippen molar-refractivity contribution in [2.45, 2.75) is 12.8 Å². The van der Waals surface area contributed by atoms with Crippen LogP contribution in [-0.4, -0.2) is 30.5 Å². The maximum absolute atomic E-state index is 12.9. The van der Waals surface area contributed by atoms with Crippen LogP contribution in [0, 0.1) is 0 Å². The van der Waals surface area contributed by atoms with Gasteiger partial charge in [0, 0.05) is 30.9 Å². The molecule has 0 spiro atoms. The molecule has 0 aliphatic carbocycles. The summed E-state index contributed by atoms with van der Waals surface area (Å²) >= 11 is 0. The second kappa shape index (κ2) is 8.65. The van der Waals surface area contributed by atoms with Gasteiger partial charge in [0.15, 0.2) is 0 Å². The van der Waals surface area contributed by atoms with Crippen LogP contribution in [0.4, 0.5) is 11.4 Å². The smallest absolute Gasteiger partial charge is 0.261 e. The van der Waals surface area contributed by atoms with Crippen molar-refractivity contribution >= 4 is 23.2 Å². The minimum atomic E-state index is -0.360. The van der Waals surface area contributed by atoms with E-state index in [0.29, 0.717) is 41.4 Å². The molecule has 0 bridgehead atoms. The van der Waals surface area contributed by atoms with Crippen LogP contribution in [0.15, 0.2) is 66.9 Å². The minimum Gasteiger partial charge on any atom is -0.494 e. The minimum absolute atomic E-state index is 0.0724. The molecule has 0 atom stereocenters. The molecule has 7 nitrogen and oxygen atoms in total. The highest BCUT2D eigenvalue weighted by Crippen LogP contribution is 2.34. The monoisotopic (exact) mass is 403 g/mol. The van der Waals surface area contributed by atoms with Crippen molar-refractivity contribution in [1.82, 2.24) is 4.98 Å². The highest BCUT2D eigenvalue weighted by atomic mass is 16.5. The SMILES string of the molecule is COc1cc(NC(=O)c2cccnc2Oc2ccccc2)ccc1N1CCCC1=O. The van der Waals surface area contributed by atoms with E-state index in [1.54, 1.807) is 53.6 Å². The quantitative estimate of drug-likeness (QED) is 0.665. The lowest BCUT2D eigenvalue weighted by Gasteiger charge is -2.19. The van der Waals surface area contributed by atoms with Gasteiger partial charge in [0.05, 0.1) is 12.8 Å². The Kier molecular flexibility index (Phi) is 5.61. The number of ether oxygens (including phenoxy) is 2. The normalized spacial score (nSPS) is 13.2. The van der Waals surface area contributed by atoms with E-state index >= 15 is 0 Å². The fraction of sp³-hybridized carbons (Fsp3) is 0.174. The second-order valence-electron chi connectivity index (χ2n) is 6.76. The largest absolute Gasteiger partial charge is 0.494 e. The van der Waals surface area contributed by atoms with Gasteiger partial charge in [0.25, 0.3) is 5.91 Å². The molecule has 2 aromatic carbocycles. The van der Waals surface area contributed by atoms with Gasteiger partial charge in [-0.15, -0.1) is 0 Å². The Morgan fingerprint density at radius 3 is 2.67 bits per heavy atom. The van der Waals surface area contributed by atoms with Crippen molar-refractivity contribution in [3.05, 3.63) is 72.4 Å². The molecule has 1 fully saturated rings. The maximum Gasteiger partial charge on any atom is 0.261 e. The molecule has 3 aromatic rings. The Balaban J connectivity index is 1.55. The number of hydrogen-bond donors (Lipinski definition) is 1. The van der Waals surface area contributed by atoms with Gasteiger partial charge in [-0.2, -0.15) is 0 Å². The third-order valence-corrected chi connectivity index (χ3v) is 4.78. The van der Waals surface area contributed by atoms with Gasteiger partial charge in [-0.1, -0.05) is 18.2 Å².